The van der Waals surface area contributed by atoms with Gasteiger partial charge < -0.3 is 10.5 Å². The lowest BCUT2D eigenvalue weighted by atomic mass is 10.2. The average molecular weight is 274 g/mol. The first kappa shape index (κ1) is 14.4. The highest BCUT2D eigenvalue weighted by Gasteiger charge is 2.14. The van der Waals surface area contributed by atoms with Gasteiger partial charge in [-0.05, 0) is 18.6 Å². The summed E-state index contributed by atoms with van der Waals surface area (Å²) in [6.45, 7) is 2.13. The number of benzene rings is 1. The van der Waals surface area contributed by atoms with E-state index in [0.29, 0.717) is 12.4 Å². The van der Waals surface area contributed by atoms with Gasteiger partial charge in [0, 0.05) is 16.5 Å². The molecule has 1 rings (SSSR count). The van der Waals surface area contributed by atoms with Crippen molar-refractivity contribution in [1.82, 2.24) is 0 Å². The Hall–Kier alpha value is -0.710. The van der Waals surface area contributed by atoms with E-state index in [1.54, 1.807) is 18.7 Å². The van der Waals surface area contributed by atoms with Crippen LogP contribution in [-0.2, 0) is 15.3 Å². The smallest absolute Gasteiger partial charge is 0.323 e. The first-order chi connectivity index (χ1) is 8.15. The monoisotopic (exact) mass is 273 g/mol. The molecule has 0 aromatic heterocycles. The van der Waals surface area contributed by atoms with Gasteiger partial charge in [0.2, 0.25) is 0 Å². The number of ether oxygens (including phenoxy) is 1. The highest BCUT2D eigenvalue weighted by atomic mass is 35.5. The largest absolute Gasteiger partial charge is 0.465 e. The van der Waals surface area contributed by atoms with Gasteiger partial charge in [0.25, 0.3) is 0 Å². The summed E-state index contributed by atoms with van der Waals surface area (Å²) >= 11 is 7.59. The van der Waals surface area contributed by atoms with E-state index < -0.39 is 6.04 Å². The summed E-state index contributed by atoms with van der Waals surface area (Å²) in [4.78, 5) is 11.3. The van der Waals surface area contributed by atoms with Crippen molar-refractivity contribution in [1.29, 1.82) is 0 Å². The summed E-state index contributed by atoms with van der Waals surface area (Å²) in [5.74, 6) is 0.927. The Balaban J connectivity index is 2.33. The minimum Gasteiger partial charge on any atom is -0.465 e. The van der Waals surface area contributed by atoms with Crippen LogP contribution in [-0.4, -0.2) is 24.4 Å². The van der Waals surface area contributed by atoms with Crippen LogP contribution in [0.15, 0.2) is 24.3 Å². The number of nitrogens with two attached hydrogens (primary N) is 1. The fraction of sp³-hybridized carbons (Fsp3) is 0.417. The maximum Gasteiger partial charge on any atom is 0.323 e. The van der Waals surface area contributed by atoms with Gasteiger partial charge in [0.15, 0.2) is 0 Å². The van der Waals surface area contributed by atoms with E-state index in [0.717, 1.165) is 16.3 Å². The molecule has 0 aliphatic carbocycles. The molecule has 0 bridgehead atoms. The lowest BCUT2D eigenvalue weighted by molar-refractivity contribution is -0.144. The predicted molar refractivity (Wildman–Crippen MR) is 72.2 cm³/mol. The lowest BCUT2D eigenvalue weighted by Crippen LogP contribution is -2.34. The van der Waals surface area contributed by atoms with E-state index in [4.69, 9.17) is 22.1 Å². The molecule has 0 radical (unpaired) electrons. The van der Waals surface area contributed by atoms with E-state index in [9.17, 15) is 4.79 Å². The normalized spacial score (nSPS) is 12.2. The molecule has 0 aliphatic rings. The van der Waals surface area contributed by atoms with E-state index >= 15 is 0 Å². The molecule has 0 aliphatic heterocycles. The molecular weight excluding hydrogens is 258 g/mol. The van der Waals surface area contributed by atoms with Crippen molar-refractivity contribution in [3.63, 3.8) is 0 Å². The Labute approximate surface area is 111 Å². The lowest BCUT2D eigenvalue weighted by Gasteiger charge is -2.10. The molecule has 2 N–H and O–H groups in total. The summed E-state index contributed by atoms with van der Waals surface area (Å²) in [5, 5.41) is 0.740. The highest BCUT2D eigenvalue weighted by molar-refractivity contribution is 7.98. The molecule has 1 atom stereocenters. The van der Waals surface area contributed by atoms with Gasteiger partial charge in [0.1, 0.15) is 6.04 Å². The molecular formula is C12H16ClNO2S. The van der Waals surface area contributed by atoms with Crippen LogP contribution in [0.2, 0.25) is 5.02 Å². The van der Waals surface area contributed by atoms with Gasteiger partial charge in [-0.25, -0.2) is 0 Å². The van der Waals surface area contributed by atoms with Gasteiger partial charge in [0.05, 0.1) is 6.61 Å². The molecule has 0 fully saturated rings. The maximum absolute atomic E-state index is 11.3. The molecule has 0 saturated heterocycles. The van der Waals surface area contributed by atoms with Crippen LogP contribution in [0.4, 0.5) is 0 Å². The maximum atomic E-state index is 11.3. The SMILES string of the molecule is CCOC(=O)C(N)CSCc1ccccc1Cl. The molecule has 5 heteroatoms. The topological polar surface area (TPSA) is 52.3 Å². The van der Waals surface area contributed by atoms with Crippen LogP contribution >= 0.6 is 23.4 Å². The Bertz CT molecular complexity index is 373. The van der Waals surface area contributed by atoms with Crippen molar-refractivity contribution in [3.8, 4) is 0 Å². The predicted octanol–water partition coefficient (Wildman–Crippen LogP) is 2.46. The standard InChI is InChI=1S/C12H16ClNO2S/c1-2-16-12(15)11(14)8-17-7-9-5-3-4-6-10(9)13/h3-6,11H,2,7-8,14H2,1H3. The molecule has 1 unspecified atom stereocenters. The molecule has 94 valence electrons. The van der Waals surface area contributed by atoms with Crippen LogP contribution in [0, 0.1) is 0 Å². The Morgan fingerprint density at radius 2 is 2.24 bits per heavy atom. The fourth-order valence-electron chi connectivity index (χ4n) is 1.23. The molecule has 0 amide bonds. The number of halogens is 1. The number of hydrogen-bond acceptors (Lipinski definition) is 4. The second-order valence-electron chi connectivity index (χ2n) is 3.47. The van der Waals surface area contributed by atoms with Crippen molar-refractivity contribution in [3.05, 3.63) is 34.9 Å². The van der Waals surface area contributed by atoms with E-state index in [-0.39, 0.29) is 5.97 Å². The van der Waals surface area contributed by atoms with Crippen molar-refractivity contribution in [2.75, 3.05) is 12.4 Å². The van der Waals surface area contributed by atoms with Crippen molar-refractivity contribution in [2.45, 2.75) is 18.7 Å². The minimum atomic E-state index is -0.567. The third-order valence-corrected chi connectivity index (χ3v) is 3.58. The summed E-state index contributed by atoms with van der Waals surface area (Å²) < 4.78 is 4.83. The summed E-state index contributed by atoms with van der Waals surface area (Å²) in [6, 6.07) is 7.07. The Morgan fingerprint density at radius 3 is 2.88 bits per heavy atom. The zero-order valence-electron chi connectivity index (χ0n) is 9.69. The zero-order valence-corrected chi connectivity index (χ0v) is 11.3. The van der Waals surface area contributed by atoms with Gasteiger partial charge >= 0.3 is 5.97 Å². The second-order valence-corrected chi connectivity index (χ2v) is 4.90. The first-order valence-corrected chi connectivity index (χ1v) is 6.91. The minimum absolute atomic E-state index is 0.348. The van der Waals surface area contributed by atoms with Crippen LogP contribution in [0.3, 0.4) is 0 Å². The van der Waals surface area contributed by atoms with Gasteiger partial charge in [-0.1, -0.05) is 29.8 Å². The number of hydrogen-bond donors (Lipinski definition) is 1. The van der Waals surface area contributed by atoms with Crippen LogP contribution < -0.4 is 5.73 Å². The van der Waals surface area contributed by atoms with Crippen LogP contribution in [0.25, 0.3) is 0 Å². The number of carbonyl (C=O) groups is 1. The Kier molecular flexibility index (Phi) is 6.40. The number of rotatable bonds is 6. The van der Waals surface area contributed by atoms with Gasteiger partial charge in [-0.2, -0.15) is 11.8 Å². The van der Waals surface area contributed by atoms with Gasteiger partial charge in [-0.3, -0.25) is 4.79 Å². The third kappa shape index (κ3) is 4.98. The van der Waals surface area contributed by atoms with Crippen molar-refractivity contribution >= 4 is 29.3 Å². The summed E-state index contributed by atoms with van der Waals surface area (Å²) in [6.07, 6.45) is 0. The molecule has 1 aromatic carbocycles. The van der Waals surface area contributed by atoms with Crippen molar-refractivity contribution < 1.29 is 9.53 Å². The molecule has 3 nitrogen and oxygen atoms in total. The van der Waals surface area contributed by atoms with E-state index in [1.807, 2.05) is 24.3 Å². The first-order valence-electron chi connectivity index (χ1n) is 5.38. The average Bonchev–Trinajstić information content (AvgIpc) is 2.31. The molecule has 0 heterocycles. The zero-order chi connectivity index (χ0) is 12.7. The third-order valence-electron chi connectivity index (χ3n) is 2.10. The summed E-state index contributed by atoms with van der Waals surface area (Å²) in [5.41, 5.74) is 6.73. The summed E-state index contributed by atoms with van der Waals surface area (Å²) in [7, 11) is 0. The molecule has 0 saturated carbocycles. The molecule has 1 aromatic rings. The fourth-order valence-corrected chi connectivity index (χ4v) is 2.49. The van der Waals surface area contributed by atoms with Gasteiger partial charge in [-0.15, -0.1) is 0 Å². The number of esters is 1. The molecule has 0 spiro atoms. The van der Waals surface area contributed by atoms with E-state index in [1.165, 1.54) is 0 Å². The molecule has 17 heavy (non-hydrogen) atoms. The Morgan fingerprint density at radius 1 is 1.53 bits per heavy atom. The van der Waals surface area contributed by atoms with Crippen LogP contribution in [0.1, 0.15) is 12.5 Å². The highest BCUT2D eigenvalue weighted by Crippen LogP contribution is 2.20. The quantitative estimate of drug-likeness (QED) is 0.809. The second kappa shape index (κ2) is 7.58. The number of thioether (sulfide) groups is 1. The van der Waals surface area contributed by atoms with Crippen LogP contribution in [0.5, 0.6) is 0 Å². The van der Waals surface area contributed by atoms with E-state index in [2.05, 4.69) is 0 Å². The number of carbonyl (C=O) groups excluding carboxylic acids is 1. The van der Waals surface area contributed by atoms with Crippen molar-refractivity contribution in [2.24, 2.45) is 5.73 Å².